The molecule has 37 heavy (non-hydrogen) atoms. The summed E-state index contributed by atoms with van der Waals surface area (Å²) in [7, 11) is 1.32. The molecule has 12 heteroatoms. The van der Waals surface area contributed by atoms with Crippen LogP contribution in [0.4, 0.5) is 42.1 Å². The summed E-state index contributed by atoms with van der Waals surface area (Å²) >= 11 is 7.17. The van der Waals surface area contributed by atoms with Gasteiger partial charge in [-0.15, -0.1) is 22.9 Å². The highest BCUT2D eigenvalue weighted by Gasteiger charge is 2.41. The molecular weight excluding hydrogens is 545 g/mol. The minimum Gasteiger partial charge on any atom is -0.396 e. The zero-order chi connectivity index (χ0) is 28.1. The molecule has 200 valence electrons. The van der Waals surface area contributed by atoms with Gasteiger partial charge in [0, 0.05) is 11.9 Å². The number of likely N-dealkylation sites (N-methyl/N-ethyl adjacent to an activating group) is 1. The number of carbonyl (C=O) groups excluding carboxylic acids is 1. The third-order valence-electron chi connectivity index (χ3n) is 6.03. The largest absolute Gasteiger partial charge is 0.416 e. The van der Waals surface area contributed by atoms with Crippen molar-refractivity contribution in [2.45, 2.75) is 44.4 Å². The molecule has 0 unspecified atom stereocenters. The zero-order valence-electron chi connectivity index (χ0n) is 20.0. The molecule has 0 aliphatic heterocycles. The Morgan fingerprint density at radius 3 is 1.95 bits per heavy atom. The highest BCUT2D eigenvalue weighted by Crippen LogP contribution is 2.48. The smallest absolute Gasteiger partial charge is 0.396 e. The van der Waals surface area contributed by atoms with Gasteiger partial charge in [-0.3, -0.25) is 4.79 Å². The number of nitrogen functional groups attached to an aromatic ring is 1. The molecule has 1 aromatic heterocycles. The Hall–Kier alpha value is -2.79. The summed E-state index contributed by atoms with van der Waals surface area (Å²) in [6.07, 6.45) is -10.1. The lowest BCUT2D eigenvalue weighted by atomic mass is 9.81. The standard InChI is InChI=1S/C25H22ClF7N2OS/c1-12-7-16(27)5-6-17(12)21-20(19(34)18(11-26)37-21)35(4)22(36)23(2,3)13-8-14(24(28,29)30)10-15(9-13)25(31,32)33/h5-10H,11,34H2,1-4H3. The monoisotopic (exact) mass is 566 g/mol. The summed E-state index contributed by atoms with van der Waals surface area (Å²) in [5, 5.41) is 0. The Morgan fingerprint density at radius 2 is 1.49 bits per heavy atom. The van der Waals surface area contributed by atoms with Gasteiger partial charge >= 0.3 is 12.4 Å². The summed E-state index contributed by atoms with van der Waals surface area (Å²) in [6.45, 7) is 4.11. The van der Waals surface area contributed by atoms with Gasteiger partial charge in [0.1, 0.15) is 5.82 Å². The topological polar surface area (TPSA) is 46.3 Å². The van der Waals surface area contributed by atoms with Gasteiger partial charge in [-0.05, 0) is 67.8 Å². The fraction of sp³-hybridized carbons (Fsp3) is 0.320. The van der Waals surface area contributed by atoms with E-state index in [0.717, 1.165) is 16.2 Å². The molecule has 0 fully saturated rings. The van der Waals surface area contributed by atoms with Crippen molar-refractivity contribution in [1.82, 2.24) is 0 Å². The van der Waals surface area contributed by atoms with Gasteiger partial charge < -0.3 is 10.6 Å². The molecule has 0 saturated heterocycles. The second-order valence-electron chi connectivity index (χ2n) is 8.99. The van der Waals surface area contributed by atoms with Crippen LogP contribution in [0.2, 0.25) is 0 Å². The number of thiophene rings is 1. The van der Waals surface area contributed by atoms with Gasteiger partial charge in [-0.25, -0.2) is 4.39 Å². The van der Waals surface area contributed by atoms with Crippen molar-refractivity contribution in [3.05, 3.63) is 69.3 Å². The second kappa shape index (κ2) is 9.83. The zero-order valence-corrected chi connectivity index (χ0v) is 21.6. The van der Waals surface area contributed by atoms with Crippen LogP contribution in [0.15, 0.2) is 36.4 Å². The van der Waals surface area contributed by atoms with Crippen LogP contribution in [-0.2, 0) is 28.4 Å². The van der Waals surface area contributed by atoms with Crippen LogP contribution in [0.3, 0.4) is 0 Å². The van der Waals surface area contributed by atoms with Crippen LogP contribution in [0.5, 0.6) is 0 Å². The SMILES string of the molecule is Cc1cc(F)ccc1-c1sc(CCl)c(N)c1N(C)C(=O)C(C)(C)c1cc(C(F)(F)F)cc(C(F)(F)F)c1. The third-order valence-corrected chi connectivity index (χ3v) is 7.69. The molecule has 3 rings (SSSR count). The van der Waals surface area contributed by atoms with Crippen LogP contribution >= 0.6 is 22.9 Å². The van der Waals surface area contributed by atoms with Crippen molar-refractivity contribution in [3.63, 3.8) is 0 Å². The lowest BCUT2D eigenvalue weighted by molar-refractivity contribution is -0.143. The average Bonchev–Trinajstić information content (AvgIpc) is 3.12. The minimum absolute atomic E-state index is 0.00674. The van der Waals surface area contributed by atoms with E-state index in [2.05, 4.69) is 0 Å². The molecule has 0 aliphatic rings. The number of hydrogen-bond acceptors (Lipinski definition) is 3. The van der Waals surface area contributed by atoms with Crippen LogP contribution in [0.25, 0.3) is 10.4 Å². The van der Waals surface area contributed by atoms with Gasteiger partial charge in [-0.2, -0.15) is 26.3 Å². The van der Waals surface area contributed by atoms with Crippen molar-refractivity contribution in [1.29, 1.82) is 0 Å². The fourth-order valence-electron chi connectivity index (χ4n) is 3.94. The molecule has 0 radical (unpaired) electrons. The first-order valence-electron chi connectivity index (χ1n) is 10.7. The lowest BCUT2D eigenvalue weighted by Gasteiger charge is -2.31. The average molecular weight is 567 g/mol. The number of nitrogens with zero attached hydrogens (tertiary/aromatic N) is 1. The Morgan fingerprint density at radius 1 is 0.973 bits per heavy atom. The molecule has 0 bridgehead atoms. The Kier molecular flexibility index (Phi) is 7.64. The van der Waals surface area contributed by atoms with Crippen LogP contribution in [0.1, 0.15) is 41.0 Å². The summed E-state index contributed by atoms with van der Waals surface area (Å²) in [5.41, 5.74) is 2.29. The Balaban J connectivity index is 2.18. The van der Waals surface area contributed by atoms with Gasteiger partial charge in [0.2, 0.25) is 5.91 Å². The van der Waals surface area contributed by atoms with Gasteiger partial charge in [-0.1, -0.05) is 6.07 Å². The number of anilines is 2. The number of rotatable bonds is 5. The van der Waals surface area contributed by atoms with Crippen molar-refractivity contribution in [2.24, 2.45) is 0 Å². The van der Waals surface area contributed by atoms with E-state index in [1.54, 1.807) is 6.92 Å². The van der Waals surface area contributed by atoms with E-state index in [0.29, 0.717) is 33.0 Å². The molecule has 3 aromatic rings. The van der Waals surface area contributed by atoms with Crippen molar-refractivity contribution < 1.29 is 35.5 Å². The molecule has 1 heterocycles. The van der Waals surface area contributed by atoms with Gasteiger partial charge in [0.15, 0.2) is 0 Å². The first kappa shape index (κ1) is 28.8. The molecule has 2 aromatic carbocycles. The number of amides is 1. The first-order chi connectivity index (χ1) is 16.9. The number of nitrogens with two attached hydrogens (primary N) is 1. The first-order valence-corrected chi connectivity index (χ1v) is 12.1. The van der Waals surface area contributed by atoms with E-state index in [-0.39, 0.29) is 23.3 Å². The van der Waals surface area contributed by atoms with Crippen LogP contribution in [-0.4, -0.2) is 13.0 Å². The molecular formula is C25H22ClF7N2OS. The molecule has 3 nitrogen and oxygen atoms in total. The van der Waals surface area contributed by atoms with E-state index >= 15 is 0 Å². The van der Waals surface area contributed by atoms with Crippen LogP contribution in [0, 0.1) is 12.7 Å². The molecule has 0 spiro atoms. The normalized spacial score (nSPS) is 12.6. The summed E-state index contributed by atoms with van der Waals surface area (Å²) in [6, 6.07) is 5.06. The van der Waals surface area contributed by atoms with E-state index in [1.807, 2.05) is 0 Å². The van der Waals surface area contributed by atoms with E-state index in [4.69, 9.17) is 17.3 Å². The second-order valence-corrected chi connectivity index (χ2v) is 10.4. The highest BCUT2D eigenvalue weighted by atomic mass is 35.5. The number of aryl methyl sites for hydroxylation is 1. The van der Waals surface area contributed by atoms with Gasteiger partial charge in [0.25, 0.3) is 0 Å². The van der Waals surface area contributed by atoms with Crippen molar-refractivity contribution in [3.8, 4) is 10.4 Å². The molecule has 0 aliphatic carbocycles. The summed E-state index contributed by atoms with van der Waals surface area (Å²) < 4.78 is 94.3. The van der Waals surface area contributed by atoms with Crippen LogP contribution < -0.4 is 10.6 Å². The lowest BCUT2D eigenvalue weighted by Crippen LogP contribution is -2.42. The number of alkyl halides is 7. The fourth-order valence-corrected chi connectivity index (χ4v) is 5.44. The number of carbonyl (C=O) groups is 1. The minimum atomic E-state index is -5.07. The number of hydrogen-bond donors (Lipinski definition) is 1. The summed E-state index contributed by atoms with van der Waals surface area (Å²) in [5.74, 6) is -1.32. The molecule has 0 saturated carbocycles. The molecule has 2 N–H and O–H groups in total. The maximum absolute atomic E-state index is 13.7. The summed E-state index contributed by atoms with van der Waals surface area (Å²) in [4.78, 5) is 15.7. The third kappa shape index (κ3) is 5.57. The predicted octanol–water partition coefficient (Wildman–Crippen LogP) is 8.16. The van der Waals surface area contributed by atoms with E-state index < -0.39 is 46.2 Å². The van der Waals surface area contributed by atoms with E-state index in [9.17, 15) is 35.5 Å². The number of benzene rings is 2. The van der Waals surface area contributed by atoms with Gasteiger partial charge in [0.05, 0.1) is 38.7 Å². The molecule has 1 amide bonds. The Bertz CT molecular complexity index is 1310. The van der Waals surface area contributed by atoms with Crippen molar-refractivity contribution >= 4 is 40.2 Å². The molecule has 0 atom stereocenters. The van der Waals surface area contributed by atoms with E-state index in [1.165, 1.54) is 39.1 Å². The maximum atomic E-state index is 13.7. The van der Waals surface area contributed by atoms with Crippen molar-refractivity contribution in [2.75, 3.05) is 17.7 Å². The maximum Gasteiger partial charge on any atom is 0.416 e. The highest BCUT2D eigenvalue weighted by molar-refractivity contribution is 7.17. The number of halogens is 8. The predicted molar refractivity (Wildman–Crippen MR) is 131 cm³/mol. The Labute approximate surface area is 217 Å². The quantitative estimate of drug-likeness (QED) is 0.250.